The van der Waals surface area contributed by atoms with Crippen LogP contribution < -0.4 is 31.9 Å². The molecule has 0 saturated carbocycles. The van der Waals surface area contributed by atoms with Gasteiger partial charge in [0.25, 0.3) is 23.6 Å². The first-order chi connectivity index (χ1) is 38.1. The van der Waals surface area contributed by atoms with E-state index in [4.69, 9.17) is 34.5 Å². The van der Waals surface area contributed by atoms with E-state index >= 15 is 0 Å². The average Bonchev–Trinajstić information content (AvgIpc) is 4.35. The molecule has 7 aromatic heterocycles. The topological polar surface area (TPSA) is 324 Å². The van der Waals surface area contributed by atoms with Gasteiger partial charge in [-0.15, -0.1) is 68.0 Å². The Labute approximate surface area is 474 Å². The van der Waals surface area contributed by atoms with Gasteiger partial charge in [-0.25, -0.2) is 34.9 Å². The van der Waals surface area contributed by atoms with Crippen molar-refractivity contribution in [3.63, 3.8) is 0 Å². The number of aliphatic hydroxyl groups is 2. The van der Waals surface area contributed by atoms with Crippen LogP contribution in [-0.2, 0) is 30.5 Å². The zero-order valence-corrected chi connectivity index (χ0v) is 47.4. The fourth-order valence-corrected chi connectivity index (χ4v) is 13.6. The highest BCUT2D eigenvalue weighted by atomic mass is 32.1. The van der Waals surface area contributed by atoms with Crippen molar-refractivity contribution < 1.29 is 48.5 Å². The van der Waals surface area contributed by atoms with Gasteiger partial charge in [0.2, 0.25) is 11.8 Å². The van der Waals surface area contributed by atoms with E-state index < -0.39 is 73.0 Å². The number of nitrogens with zero attached hydrogens (tertiary/aromatic N) is 7. The fourth-order valence-electron chi connectivity index (χ4n) is 7.95. The molecule has 1 aliphatic rings. The number of carbonyl (C=O) groups is 6. The van der Waals surface area contributed by atoms with Crippen molar-refractivity contribution >= 4 is 109 Å². The summed E-state index contributed by atoms with van der Waals surface area (Å²) in [6.07, 6.45) is 0.125. The third-order valence-corrected chi connectivity index (χ3v) is 17.7. The van der Waals surface area contributed by atoms with E-state index in [1.165, 1.54) is 70.8 Å². The second-order valence-electron chi connectivity index (χ2n) is 17.7. The highest BCUT2D eigenvalue weighted by Crippen LogP contribution is 2.41. The smallest absolute Gasteiger partial charge is 0.271 e. The molecular formula is C50H49N13O10S6. The van der Waals surface area contributed by atoms with Crippen LogP contribution in [0.1, 0.15) is 106 Å². The maximum atomic E-state index is 14.2. The van der Waals surface area contributed by atoms with E-state index in [0.717, 1.165) is 11.3 Å². The monoisotopic (exact) mass is 1180 g/mol. The molecule has 1 aliphatic heterocycles. The maximum absolute atomic E-state index is 14.2. The molecule has 9 rings (SSSR count). The highest BCUT2D eigenvalue weighted by Gasteiger charge is 2.33. The molecule has 0 saturated heterocycles. The number of hydrogen-bond acceptors (Lipinski definition) is 23. The van der Waals surface area contributed by atoms with Crippen molar-refractivity contribution in [2.24, 2.45) is 5.92 Å². The Balaban J connectivity index is 1.13. The number of aliphatic hydroxyl groups excluding tert-OH is 2. The van der Waals surface area contributed by atoms with Crippen molar-refractivity contribution in [2.45, 2.75) is 58.0 Å². The minimum Gasteiger partial charge on any atom is -0.386 e. The molecule has 0 radical (unpaired) electrons. The Bertz CT molecular complexity index is 3540. The standard InChI is InChI=1S/C50H49N13O10S6/c1-22(2)36-50-63-39(31(79-50)16-72-5)43(70)52-15-34(66)60-40(41(68)24-9-7-6-8-10-24)49-57-29(19-75-49)46-53-14-30(78-46)38-25(11-12-26(54-38)47-59-32(20-76-47)58-35(67)17-73-21-64)45-56-28(18-74-45)42(69)55-27(13-33(65)51-4)48-62-37(23(3)77-48)44(71)61-36/h6-12,14,18-20,22,27,36,40-41,64,68H,13,15-17,21H2,1-5H3,(H,51,65)(H,52,70)(H,55,69)(H,58,67)(H,60,66)(H,61,71)/t27-,36-,40-,41-/m0/s1. The largest absolute Gasteiger partial charge is 0.386 e. The van der Waals surface area contributed by atoms with Crippen LogP contribution in [0.2, 0.25) is 0 Å². The first kappa shape index (κ1) is 56.5. The maximum Gasteiger partial charge on any atom is 0.271 e. The van der Waals surface area contributed by atoms with Crippen LogP contribution >= 0.6 is 68.0 Å². The highest BCUT2D eigenvalue weighted by molar-refractivity contribution is 7.19. The van der Waals surface area contributed by atoms with Crippen LogP contribution in [-0.4, -0.2) is 115 Å². The summed E-state index contributed by atoms with van der Waals surface area (Å²) in [6, 6.07) is 9.48. The summed E-state index contributed by atoms with van der Waals surface area (Å²) in [7, 11) is 2.94. The zero-order valence-electron chi connectivity index (χ0n) is 42.5. The van der Waals surface area contributed by atoms with E-state index in [1.54, 1.807) is 71.7 Å². The summed E-state index contributed by atoms with van der Waals surface area (Å²) in [6.45, 7) is 3.95. The van der Waals surface area contributed by atoms with Crippen LogP contribution in [0.3, 0.4) is 0 Å². The Morgan fingerprint density at radius 3 is 2.28 bits per heavy atom. The number of aromatic nitrogens is 7. The second-order valence-corrected chi connectivity index (χ2v) is 23.7. The number of thiazole rings is 6. The van der Waals surface area contributed by atoms with E-state index in [-0.39, 0.29) is 48.5 Å². The van der Waals surface area contributed by atoms with E-state index in [0.29, 0.717) is 72.9 Å². The summed E-state index contributed by atoms with van der Waals surface area (Å²) in [4.78, 5) is 116. The van der Waals surface area contributed by atoms with Crippen LogP contribution in [0.4, 0.5) is 5.82 Å². The number of fused-ring (bicyclic) bond motifs is 14. The average molecular weight is 1180 g/mol. The molecule has 410 valence electrons. The Hall–Kier alpha value is -7.19. The van der Waals surface area contributed by atoms with Gasteiger partial charge in [-0.3, -0.25) is 28.8 Å². The van der Waals surface area contributed by atoms with Crippen molar-refractivity contribution in [1.82, 2.24) is 61.5 Å². The number of hydrogen-bond donors (Lipinski definition) is 8. The predicted octanol–water partition coefficient (Wildman–Crippen LogP) is 6.22. The lowest BCUT2D eigenvalue weighted by Crippen LogP contribution is -2.40. The van der Waals surface area contributed by atoms with Crippen LogP contribution in [0.25, 0.3) is 42.5 Å². The molecule has 0 spiro atoms. The molecule has 79 heavy (non-hydrogen) atoms. The lowest BCUT2D eigenvalue weighted by atomic mass is 10.0. The minimum atomic E-state index is -1.27. The molecule has 29 heteroatoms. The van der Waals surface area contributed by atoms with Gasteiger partial charge in [-0.1, -0.05) is 44.2 Å². The van der Waals surface area contributed by atoms with Gasteiger partial charge in [-0.05, 0) is 30.5 Å². The molecule has 23 nitrogen and oxygen atoms in total. The summed E-state index contributed by atoms with van der Waals surface area (Å²) < 4.78 is 10.2. The first-order valence-corrected chi connectivity index (χ1v) is 29.1. The molecule has 0 fully saturated rings. The molecule has 8 heterocycles. The third-order valence-electron chi connectivity index (χ3n) is 11.8. The molecule has 10 bridgehead atoms. The van der Waals surface area contributed by atoms with Crippen molar-refractivity contribution in [3.8, 4) is 42.5 Å². The van der Waals surface area contributed by atoms with Crippen LogP contribution in [0, 0.1) is 12.8 Å². The first-order valence-electron chi connectivity index (χ1n) is 24.0. The Morgan fingerprint density at radius 1 is 0.747 bits per heavy atom. The van der Waals surface area contributed by atoms with Gasteiger partial charge in [-0.2, -0.15) is 0 Å². The molecule has 8 aromatic rings. The zero-order chi connectivity index (χ0) is 55.9. The van der Waals surface area contributed by atoms with Crippen LogP contribution in [0.5, 0.6) is 0 Å². The van der Waals surface area contributed by atoms with Gasteiger partial charge in [0, 0.05) is 46.9 Å². The van der Waals surface area contributed by atoms with E-state index in [2.05, 4.69) is 46.9 Å². The van der Waals surface area contributed by atoms with Gasteiger partial charge < -0.3 is 51.6 Å². The number of anilines is 1. The lowest BCUT2D eigenvalue weighted by Gasteiger charge is -2.23. The molecule has 8 N–H and O–H groups in total. The molecule has 0 aliphatic carbocycles. The van der Waals surface area contributed by atoms with Gasteiger partial charge in [0.05, 0.1) is 52.8 Å². The van der Waals surface area contributed by atoms with Gasteiger partial charge in [0.15, 0.2) is 0 Å². The second kappa shape index (κ2) is 25.3. The van der Waals surface area contributed by atoms with Crippen molar-refractivity contribution in [1.29, 1.82) is 0 Å². The number of ether oxygens (including phenoxy) is 2. The number of benzene rings is 1. The number of carbonyl (C=O) groups excluding carboxylic acids is 6. The molecular weight excluding hydrogens is 1140 g/mol. The Kier molecular flexibility index (Phi) is 18.1. The number of rotatable bonds is 12. The molecule has 1 aromatic carbocycles. The normalized spacial score (nSPS) is 16.6. The predicted molar refractivity (Wildman–Crippen MR) is 299 cm³/mol. The SMILES string of the molecule is CNC(=O)C[C@@H]1NC(=O)c2csc(n2)-c2ccc(-c3nc(NC(=O)COCO)cs3)nc2-c2cnc(s2)-c2csc(n2)[C@H]([C@@H](O)c2ccccc2)NC(=O)CNC(=O)c2nc(sc2COC)[C@H](C(C)C)NC(=O)c2nc1sc2C. The van der Waals surface area contributed by atoms with Gasteiger partial charge in [0.1, 0.15) is 84.2 Å². The van der Waals surface area contributed by atoms with Gasteiger partial charge >= 0.3 is 0 Å². The molecule has 4 atom stereocenters. The number of amides is 6. The van der Waals surface area contributed by atoms with E-state index in [9.17, 15) is 33.9 Å². The third kappa shape index (κ3) is 13.1. The minimum absolute atomic E-state index is 0.00237. The number of aryl methyl sites for hydroxylation is 1. The quantitative estimate of drug-likeness (QED) is 0.0630. The fraction of sp³-hybridized carbons (Fsp3) is 0.300. The van der Waals surface area contributed by atoms with E-state index in [1.807, 2.05) is 13.8 Å². The number of pyridine rings is 1. The molecule has 6 amide bonds. The number of nitrogens with one attached hydrogen (secondary N) is 6. The van der Waals surface area contributed by atoms with Crippen molar-refractivity contribution in [2.75, 3.05) is 39.4 Å². The Morgan fingerprint density at radius 2 is 1.52 bits per heavy atom. The summed E-state index contributed by atoms with van der Waals surface area (Å²) in [5.41, 5.74) is 2.38. The van der Waals surface area contributed by atoms with Crippen molar-refractivity contribution in [3.05, 3.63) is 112 Å². The lowest BCUT2D eigenvalue weighted by molar-refractivity contribution is -0.124. The summed E-state index contributed by atoms with van der Waals surface area (Å²) in [5, 5.41) is 44.9. The summed E-state index contributed by atoms with van der Waals surface area (Å²) >= 11 is 7.14. The molecule has 0 unspecified atom stereocenters. The van der Waals surface area contributed by atoms with Crippen LogP contribution in [0.15, 0.2) is 64.8 Å². The summed E-state index contributed by atoms with van der Waals surface area (Å²) in [5.74, 6) is -3.40. The number of methoxy groups -OCH3 is 1.